The van der Waals surface area contributed by atoms with Crippen LogP contribution >= 0.6 is 11.3 Å². The Morgan fingerprint density at radius 2 is 1.88 bits per heavy atom. The zero-order chi connectivity index (χ0) is 30.9. The van der Waals surface area contributed by atoms with E-state index < -0.39 is 17.9 Å². The van der Waals surface area contributed by atoms with Gasteiger partial charge in [-0.25, -0.2) is 19.7 Å². The highest BCUT2D eigenvalue weighted by atomic mass is 32.1. The number of Topliss-reactive ketones (excluding diaryl/α,β-unsaturated/α-hetero) is 1. The lowest BCUT2D eigenvalue weighted by Crippen LogP contribution is -2.49. The number of ether oxygens (including phenoxy) is 1. The molecule has 0 aliphatic carbocycles. The van der Waals surface area contributed by atoms with E-state index in [1.165, 1.54) is 35.9 Å². The van der Waals surface area contributed by atoms with Crippen LogP contribution in [0.2, 0.25) is 0 Å². The summed E-state index contributed by atoms with van der Waals surface area (Å²) in [7, 11) is 0. The molecule has 43 heavy (non-hydrogen) atoms. The van der Waals surface area contributed by atoms with Crippen LogP contribution in [0.4, 0.5) is 19.0 Å². The molecular weight excluding hydrogens is 587 g/mol. The Morgan fingerprint density at radius 3 is 2.49 bits per heavy atom. The largest absolute Gasteiger partial charge is 0.573 e. The number of carboxylic acids is 1. The number of piperidine rings is 1. The second kappa shape index (κ2) is 12.2. The van der Waals surface area contributed by atoms with Crippen molar-refractivity contribution in [3.8, 4) is 17.0 Å². The van der Waals surface area contributed by atoms with Crippen molar-refractivity contribution in [2.75, 3.05) is 24.5 Å². The van der Waals surface area contributed by atoms with Gasteiger partial charge in [-0.15, -0.1) is 24.5 Å². The van der Waals surface area contributed by atoms with Crippen molar-refractivity contribution in [2.24, 2.45) is 0 Å². The first-order valence-electron chi connectivity index (χ1n) is 14.0. The number of aliphatic carboxylic acids is 1. The lowest BCUT2D eigenvalue weighted by Gasteiger charge is -2.35. The normalized spacial score (nSPS) is 19.0. The number of nitrogens with zero attached hydrogens (tertiary/aromatic N) is 5. The minimum atomic E-state index is -4.83. The Bertz CT molecular complexity index is 1490. The topological polar surface area (TPSA) is 129 Å². The van der Waals surface area contributed by atoms with Gasteiger partial charge in [0, 0.05) is 49.0 Å². The van der Waals surface area contributed by atoms with E-state index in [-0.39, 0.29) is 49.6 Å². The third kappa shape index (κ3) is 7.31. The fraction of sp³-hybridized carbons (Fsp3) is 0.483. The first-order chi connectivity index (χ1) is 20.3. The third-order valence-electron chi connectivity index (χ3n) is 7.89. The first-order valence-corrected chi connectivity index (χ1v) is 14.8. The number of benzene rings is 1. The summed E-state index contributed by atoms with van der Waals surface area (Å²) in [6, 6.07) is 4.74. The molecule has 0 saturated carbocycles. The van der Waals surface area contributed by atoms with E-state index in [0.717, 1.165) is 24.3 Å². The van der Waals surface area contributed by atoms with Crippen LogP contribution < -0.4 is 9.64 Å². The number of alkyl halides is 3. The number of likely N-dealkylation sites (tertiary alicyclic amines) is 1. The second-order valence-electron chi connectivity index (χ2n) is 11.1. The number of hydrogen-bond acceptors (Lipinski definition) is 10. The van der Waals surface area contributed by atoms with Crippen LogP contribution in [0, 0.1) is 6.92 Å². The molecule has 4 heterocycles. The van der Waals surface area contributed by atoms with E-state index in [4.69, 9.17) is 4.98 Å². The maximum absolute atomic E-state index is 13.2. The predicted molar refractivity (Wildman–Crippen MR) is 152 cm³/mol. The van der Waals surface area contributed by atoms with E-state index in [2.05, 4.69) is 26.5 Å². The van der Waals surface area contributed by atoms with Gasteiger partial charge in [-0.3, -0.25) is 9.69 Å². The highest BCUT2D eigenvalue weighted by molar-refractivity contribution is 7.12. The lowest BCUT2D eigenvalue weighted by molar-refractivity contribution is -0.274. The van der Waals surface area contributed by atoms with Gasteiger partial charge in [0.25, 0.3) is 0 Å². The average molecular weight is 620 g/mol. The summed E-state index contributed by atoms with van der Waals surface area (Å²) >= 11 is 1.35. The molecule has 1 atom stereocenters. The number of rotatable bonds is 9. The Hall–Kier alpha value is -3.62. The maximum atomic E-state index is 13.2. The van der Waals surface area contributed by atoms with E-state index in [9.17, 15) is 33.0 Å². The second-order valence-corrected chi connectivity index (χ2v) is 12.3. The fourth-order valence-corrected chi connectivity index (χ4v) is 6.59. The van der Waals surface area contributed by atoms with Crippen molar-refractivity contribution in [1.29, 1.82) is 0 Å². The molecule has 2 saturated heterocycles. The third-order valence-corrected chi connectivity index (χ3v) is 8.93. The summed E-state index contributed by atoms with van der Waals surface area (Å²) in [4.78, 5) is 42.7. The number of thiazole rings is 1. The van der Waals surface area contributed by atoms with Crippen LogP contribution in [0.5, 0.6) is 5.75 Å². The smallest absolute Gasteiger partial charge is 0.479 e. The Kier molecular flexibility index (Phi) is 8.72. The Morgan fingerprint density at radius 1 is 1.14 bits per heavy atom. The Balaban J connectivity index is 1.35. The molecule has 5 rings (SSSR count). The van der Waals surface area contributed by atoms with Gasteiger partial charge >= 0.3 is 12.3 Å². The molecule has 10 nitrogen and oxygen atoms in total. The number of carbonyl (C=O) groups excluding carboxylic acids is 1. The van der Waals surface area contributed by atoms with E-state index >= 15 is 0 Å². The molecule has 2 aliphatic heterocycles. The molecule has 0 unspecified atom stereocenters. The predicted octanol–water partition coefficient (Wildman–Crippen LogP) is 4.63. The van der Waals surface area contributed by atoms with Crippen molar-refractivity contribution >= 4 is 28.9 Å². The van der Waals surface area contributed by atoms with E-state index in [1.807, 2.05) is 0 Å². The molecule has 2 N–H and O–H groups in total. The standard InChI is InChI=1S/C29H32F3N5O5S/c1-17-10-19(12-20(11-17)42-29(30,31)32)26-23(16-37-7-3-4-18(37)2)43-25(35-26)13-22(38)21-14-34-24(15-33-21)36-8-5-28(41,6-9-36)27(39)40/h10-12,14-15,18,41H,3-9,13,16H2,1-2H3,(H,39,40)/t18-/m1/s1. The van der Waals surface area contributed by atoms with Crippen LogP contribution in [0.25, 0.3) is 11.3 Å². The van der Waals surface area contributed by atoms with Gasteiger partial charge in [-0.05, 0) is 57.0 Å². The molecule has 14 heteroatoms. The molecule has 0 spiro atoms. The van der Waals surface area contributed by atoms with E-state index in [0.29, 0.717) is 40.2 Å². The van der Waals surface area contributed by atoms with Gasteiger partial charge in [-0.1, -0.05) is 0 Å². The summed E-state index contributed by atoms with van der Waals surface area (Å²) in [5.74, 6) is -1.42. The van der Waals surface area contributed by atoms with Crippen molar-refractivity contribution < 1.29 is 37.7 Å². The van der Waals surface area contributed by atoms with Gasteiger partial charge < -0.3 is 19.8 Å². The number of halogens is 3. The minimum absolute atomic E-state index is 0.0420. The number of carbonyl (C=O) groups is 2. The highest BCUT2D eigenvalue weighted by Gasteiger charge is 2.39. The number of ketones is 1. The molecule has 2 aromatic heterocycles. The molecule has 0 bridgehead atoms. The minimum Gasteiger partial charge on any atom is -0.479 e. The number of carboxylic acid groups (broad SMARTS) is 1. The fourth-order valence-electron chi connectivity index (χ4n) is 5.47. The zero-order valence-electron chi connectivity index (χ0n) is 23.7. The summed E-state index contributed by atoms with van der Waals surface area (Å²) in [5.41, 5.74) is -0.0408. The monoisotopic (exact) mass is 619 g/mol. The van der Waals surface area contributed by atoms with Crippen molar-refractivity contribution in [2.45, 2.75) is 70.5 Å². The first kappa shape index (κ1) is 30.8. The number of hydrogen-bond donors (Lipinski definition) is 2. The maximum Gasteiger partial charge on any atom is 0.573 e. The van der Waals surface area contributed by atoms with E-state index in [1.54, 1.807) is 17.9 Å². The van der Waals surface area contributed by atoms with Crippen LogP contribution in [0.1, 0.15) is 58.5 Å². The van der Waals surface area contributed by atoms with Gasteiger partial charge in [0.2, 0.25) is 0 Å². The Labute approximate surface area is 250 Å². The highest BCUT2D eigenvalue weighted by Crippen LogP contribution is 2.35. The molecule has 3 aromatic rings. The molecule has 230 valence electrons. The molecular formula is C29H32F3N5O5S. The molecule has 0 amide bonds. The van der Waals surface area contributed by atoms with Crippen LogP contribution in [-0.2, 0) is 17.8 Å². The summed E-state index contributed by atoms with van der Waals surface area (Å²) in [6.07, 6.45) is 0.111. The van der Waals surface area contributed by atoms with Crippen molar-refractivity contribution in [1.82, 2.24) is 19.9 Å². The number of aryl methyl sites for hydroxylation is 1. The molecule has 1 aromatic carbocycles. The quantitative estimate of drug-likeness (QED) is 0.327. The van der Waals surface area contributed by atoms with Crippen LogP contribution in [0.15, 0.2) is 30.6 Å². The summed E-state index contributed by atoms with van der Waals surface area (Å²) < 4.78 is 43.1. The number of aliphatic hydroxyl groups is 1. The average Bonchev–Trinajstić information content (AvgIpc) is 3.53. The number of anilines is 1. The SMILES string of the molecule is Cc1cc(OC(F)(F)F)cc(-c2nc(CC(=O)c3cnc(N4CCC(O)(C(=O)O)CC4)cn3)sc2CN2CCC[C@H]2C)c1. The molecule has 2 aliphatic rings. The van der Waals surface area contributed by atoms with Gasteiger partial charge in [0.05, 0.1) is 24.5 Å². The molecule has 0 radical (unpaired) electrons. The lowest BCUT2D eigenvalue weighted by atomic mass is 9.92. The molecule has 2 fully saturated rings. The summed E-state index contributed by atoms with van der Waals surface area (Å²) in [6.45, 7) is 5.84. The van der Waals surface area contributed by atoms with Gasteiger partial charge in [0.15, 0.2) is 11.4 Å². The van der Waals surface area contributed by atoms with Gasteiger partial charge in [0.1, 0.15) is 22.3 Å². The number of aromatic nitrogens is 3. The van der Waals surface area contributed by atoms with Crippen molar-refractivity contribution in [3.05, 3.63) is 51.7 Å². The van der Waals surface area contributed by atoms with Crippen LogP contribution in [0.3, 0.4) is 0 Å². The zero-order valence-corrected chi connectivity index (χ0v) is 24.5. The summed E-state index contributed by atoms with van der Waals surface area (Å²) in [5, 5.41) is 19.9. The van der Waals surface area contributed by atoms with Crippen LogP contribution in [-0.4, -0.2) is 79.5 Å². The van der Waals surface area contributed by atoms with Crippen molar-refractivity contribution in [3.63, 3.8) is 0 Å². The van der Waals surface area contributed by atoms with Gasteiger partial charge in [-0.2, -0.15) is 0 Å².